The lowest BCUT2D eigenvalue weighted by atomic mass is 9.85. The van der Waals surface area contributed by atoms with E-state index in [-0.39, 0.29) is 24.0 Å². The van der Waals surface area contributed by atoms with Crippen molar-refractivity contribution < 1.29 is 9.53 Å². The van der Waals surface area contributed by atoms with E-state index in [9.17, 15) is 4.79 Å². The number of hydrogen-bond donors (Lipinski definition) is 2. The van der Waals surface area contributed by atoms with Crippen molar-refractivity contribution in [1.29, 1.82) is 0 Å². The molecular formula is C20H27N3O2. The van der Waals surface area contributed by atoms with Crippen LogP contribution in [0.15, 0.2) is 24.4 Å². The van der Waals surface area contributed by atoms with Gasteiger partial charge in [-0.15, -0.1) is 0 Å². The van der Waals surface area contributed by atoms with Crippen LogP contribution in [0.4, 0.5) is 0 Å². The number of aromatic nitrogens is 2. The van der Waals surface area contributed by atoms with E-state index in [1.54, 1.807) is 0 Å². The number of amides is 1. The molecule has 5 nitrogen and oxygen atoms in total. The third-order valence-electron chi connectivity index (χ3n) is 4.69. The molecule has 25 heavy (non-hydrogen) atoms. The highest BCUT2D eigenvalue weighted by Gasteiger charge is 2.23. The molecule has 0 radical (unpaired) electrons. The molecule has 0 fully saturated rings. The van der Waals surface area contributed by atoms with Gasteiger partial charge in [0.05, 0.1) is 6.20 Å². The second kappa shape index (κ2) is 6.90. The predicted molar refractivity (Wildman–Crippen MR) is 97.9 cm³/mol. The van der Waals surface area contributed by atoms with Gasteiger partial charge in [0.1, 0.15) is 5.75 Å². The fourth-order valence-corrected chi connectivity index (χ4v) is 3.30. The Morgan fingerprint density at radius 3 is 2.96 bits per heavy atom. The van der Waals surface area contributed by atoms with E-state index >= 15 is 0 Å². The van der Waals surface area contributed by atoms with Crippen LogP contribution in [0, 0.1) is 6.92 Å². The van der Waals surface area contributed by atoms with Crippen LogP contribution in [0.3, 0.4) is 0 Å². The fourth-order valence-electron chi connectivity index (χ4n) is 3.30. The van der Waals surface area contributed by atoms with Crippen molar-refractivity contribution in [2.45, 2.75) is 58.4 Å². The van der Waals surface area contributed by atoms with Crippen molar-refractivity contribution in [2.24, 2.45) is 0 Å². The maximum Gasteiger partial charge on any atom is 0.258 e. The van der Waals surface area contributed by atoms with Crippen molar-refractivity contribution in [3.05, 3.63) is 46.8 Å². The molecule has 1 amide bonds. The molecule has 1 aromatic carbocycles. The van der Waals surface area contributed by atoms with E-state index < -0.39 is 0 Å². The number of benzene rings is 1. The summed E-state index contributed by atoms with van der Waals surface area (Å²) in [5.74, 6) is 0.709. The van der Waals surface area contributed by atoms with E-state index in [4.69, 9.17) is 4.74 Å². The van der Waals surface area contributed by atoms with E-state index in [1.807, 2.05) is 18.3 Å². The Bertz CT molecular complexity index is 759. The fraction of sp³-hybridized carbons (Fsp3) is 0.500. The second-order valence-electron chi connectivity index (χ2n) is 7.92. The molecule has 1 heterocycles. The highest BCUT2D eigenvalue weighted by atomic mass is 16.5. The summed E-state index contributed by atoms with van der Waals surface area (Å²) in [6.07, 6.45) is 4.57. The third kappa shape index (κ3) is 4.21. The van der Waals surface area contributed by atoms with Crippen LogP contribution in [-0.2, 0) is 23.1 Å². The first-order valence-corrected chi connectivity index (χ1v) is 8.87. The minimum Gasteiger partial charge on any atom is -0.483 e. The normalized spacial score (nSPS) is 17.0. The molecule has 1 aliphatic rings. The van der Waals surface area contributed by atoms with Crippen LogP contribution >= 0.6 is 0 Å². The van der Waals surface area contributed by atoms with Gasteiger partial charge < -0.3 is 10.1 Å². The lowest BCUT2D eigenvalue weighted by Gasteiger charge is -2.25. The Morgan fingerprint density at radius 2 is 2.20 bits per heavy atom. The minimum atomic E-state index is -0.0756. The van der Waals surface area contributed by atoms with Gasteiger partial charge in [0, 0.05) is 18.2 Å². The van der Waals surface area contributed by atoms with Crippen molar-refractivity contribution in [2.75, 3.05) is 6.61 Å². The molecule has 1 unspecified atom stereocenters. The first-order chi connectivity index (χ1) is 11.8. The number of carbonyl (C=O) groups is 1. The summed E-state index contributed by atoms with van der Waals surface area (Å²) in [6, 6.07) is 6.25. The Labute approximate surface area is 149 Å². The lowest BCUT2D eigenvalue weighted by molar-refractivity contribution is -0.123. The first kappa shape index (κ1) is 17.5. The molecule has 0 saturated heterocycles. The van der Waals surface area contributed by atoms with E-state index in [0.717, 1.165) is 36.3 Å². The van der Waals surface area contributed by atoms with Gasteiger partial charge in [0.2, 0.25) is 0 Å². The Kier molecular flexibility index (Phi) is 4.84. The monoisotopic (exact) mass is 341 g/mol. The molecule has 2 aromatic rings. The number of ether oxygens (including phenoxy) is 1. The SMILES string of the molecule is Cc1ccc(OCC(=O)NC2CCc3cn[nH]c3C2)c(C(C)(C)C)c1. The zero-order valence-electron chi connectivity index (χ0n) is 15.5. The average molecular weight is 341 g/mol. The summed E-state index contributed by atoms with van der Waals surface area (Å²) in [5, 5.41) is 10.2. The molecule has 0 saturated carbocycles. The maximum atomic E-state index is 12.3. The Morgan fingerprint density at radius 1 is 1.40 bits per heavy atom. The molecule has 2 N–H and O–H groups in total. The maximum absolute atomic E-state index is 12.3. The number of aromatic amines is 1. The molecule has 1 aromatic heterocycles. The molecule has 3 rings (SSSR count). The molecule has 0 aliphatic heterocycles. The Hall–Kier alpha value is -2.30. The summed E-state index contributed by atoms with van der Waals surface area (Å²) in [4.78, 5) is 12.3. The zero-order chi connectivity index (χ0) is 18.0. The number of nitrogens with zero attached hydrogens (tertiary/aromatic N) is 1. The second-order valence-corrected chi connectivity index (χ2v) is 7.92. The minimum absolute atomic E-state index is 0.0295. The van der Waals surface area contributed by atoms with E-state index in [2.05, 4.69) is 49.3 Å². The summed E-state index contributed by atoms with van der Waals surface area (Å²) in [5.41, 5.74) is 4.68. The number of hydrogen-bond acceptors (Lipinski definition) is 3. The Balaban J connectivity index is 1.58. The van der Waals surface area contributed by atoms with Gasteiger partial charge in [-0.25, -0.2) is 0 Å². The molecule has 134 valence electrons. The number of aryl methyl sites for hydroxylation is 2. The number of nitrogens with one attached hydrogen (secondary N) is 2. The number of carbonyl (C=O) groups excluding carboxylic acids is 1. The molecule has 1 aliphatic carbocycles. The van der Waals surface area contributed by atoms with Gasteiger partial charge in [0.15, 0.2) is 6.61 Å². The molecule has 1 atom stereocenters. The van der Waals surface area contributed by atoms with Gasteiger partial charge in [-0.2, -0.15) is 5.10 Å². The molecule has 5 heteroatoms. The summed E-state index contributed by atoms with van der Waals surface area (Å²) >= 11 is 0. The van der Waals surface area contributed by atoms with Crippen LogP contribution in [0.5, 0.6) is 5.75 Å². The van der Waals surface area contributed by atoms with Crippen molar-refractivity contribution >= 4 is 5.91 Å². The average Bonchev–Trinajstić information content (AvgIpc) is 3.00. The highest BCUT2D eigenvalue weighted by Crippen LogP contribution is 2.32. The van der Waals surface area contributed by atoms with Crippen LogP contribution in [0.2, 0.25) is 0 Å². The first-order valence-electron chi connectivity index (χ1n) is 8.87. The largest absolute Gasteiger partial charge is 0.483 e. The summed E-state index contributed by atoms with van der Waals surface area (Å²) < 4.78 is 5.84. The summed E-state index contributed by atoms with van der Waals surface area (Å²) in [7, 11) is 0. The third-order valence-corrected chi connectivity index (χ3v) is 4.69. The van der Waals surface area contributed by atoms with Gasteiger partial charge >= 0.3 is 0 Å². The molecule has 0 bridgehead atoms. The van der Waals surface area contributed by atoms with Crippen LogP contribution in [-0.4, -0.2) is 28.8 Å². The lowest BCUT2D eigenvalue weighted by Crippen LogP contribution is -2.41. The van der Waals surface area contributed by atoms with Gasteiger partial charge in [-0.1, -0.05) is 38.5 Å². The zero-order valence-corrected chi connectivity index (χ0v) is 15.5. The van der Waals surface area contributed by atoms with Crippen molar-refractivity contribution in [3.8, 4) is 5.75 Å². The van der Waals surface area contributed by atoms with Gasteiger partial charge in [0.25, 0.3) is 5.91 Å². The molecule has 0 spiro atoms. The number of rotatable bonds is 4. The number of H-pyrrole nitrogens is 1. The smallest absolute Gasteiger partial charge is 0.258 e. The van der Waals surface area contributed by atoms with Gasteiger partial charge in [-0.3, -0.25) is 9.89 Å². The standard InChI is InChI=1S/C20H27N3O2/c1-13-5-8-18(16(9-13)20(2,3)4)25-12-19(24)22-15-7-6-14-11-21-23-17(14)10-15/h5,8-9,11,15H,6-7,10,12H2,1-4H3,(H,21,23)(H,22,24). The quantitative estimate of drug-likeness (QED) is 0.898. The van der Waals surface area contributed by atoms with Crippen LogP contribution in [0.1, 0.15) is 49.6 Å². The molecular weight excluding hydrogens is 314 g/mol. The predicted octanol–water partition coefficient (Wildman–Crippen LogP) is 3.07. The van der Waals surface area contributed by atoms with E-state index in [1.165, 1.54) is 11.1 Å². The van der Waals surface area contributed by atoms with Crippen molar-refractivity contribution in [1.82, 2.24) is 15.5 Å². The van der Waals surface area contributed by atoms with Crippen LogP contribution in [0.25, 0.3) is 0 Å². The summed E-state index contributed by atoms with van der Waals surface area (Å²) in [6.45, 7) is 8.56. The van der Waals surface area contributed by atoms with Crippen LogP contribution < -0.4 is 10.1 Å². The van der Waals surface area contributed by atoms with Gasteiger partial charge in [-0.05, 0) is 42.4 Å². The number of fused-ring (bicyclic) bond motifs is 1. The highest BCUT2D eigenvalue weighted by molar-refractivity contribution is 5.78. The van der Waals surface area contributed by atoms with E-state index in [0.29, 0.717) is 0 Å². The topological polar surface area (TPSA) is 67.0 Å². The van der Waals surface area contributed by atoms with Crippen molar-refractivity contribution in [3.63, 3.8) is 0 Å².